The first-order valence-corrected chi connectivity index (χ1v) is 13.8. The number of aryl methyl sites for hydroxylation is 1. The number of amidine groups is 1. The van der Waals surface area contributed by atoms with Gasteiger partial charge in [0.25, 0.3) is 0 Å². The Morgan fingerprint density at radius 3 is 2.71 bits per heavy atom. The van der Waals surface area contributed by atoms with Crippen LogP contribution in [0.25, 0.3) is 0 Å². The second-order valence-corrected chi connectivity index (χ2v) is 12.4. The van der Waals surface area contributed by atoms with E-state index in [1.54, 1.807) is 17.2 Å². The molecule has 2 aliphatic rings. The molecular formula is C26H38N8O3S. The highest BCUT2D eigenvalue weighted by molar-refractivity contribution is 7.16. The summed E-state index contributed by atoms with van der Waals surface area (Å²) in [7, 11) is 0. The van der Waals surface area contributed by atoms with Crippen molar-refractivity contribution in [2.75, 3.05) is 36.0 Å². The van der Waals surface area contributed by atoms with Gasteiger partial charge in [-0.15, -0.1) is 11.3 Å². The minimum Gasteiger partial charge on any atom is -0.444 e. The predicted octanol–water partition coefficient (Wildman–Crippen LogP) is 3.27. The molecule has 2 aromatic rings. The highest BCUT2D eigenvalue weighted by Gasteiger charge is 2.43. The van der Waals surface area contributed by atoms with Crippen LogP contribution in [0.5, 0.6) is 0 Å². The van der Waals surface area contributed by atoms with E-state index in [0.717, 1.165) is 29.7 Å². The van der Waals surface area contributed by atoms with E-state index in [4.69, 9.17) is 21.6 Å². The second-order valence-electron chi connectivity index (χ2n) is 11.3. The van der Waals surface area contributed by atoms with Crippen molar-refractivity contribution in [2.24, 2.45) is 0 Å². The van der Waals surface area contributed by atoms with Crippen LogP contribution >= 0.6 is 11.3 Å². The van der Waals surface area contributed by atoms with E-state index in [1.165, 1.54) is 11.3 Å². The van der Waals surface area contributed by atoms with E-state index in [0.29, 0.717) is 42.6 Å². The molecule has 2 atom stereocenters. The molecule has 12 heteroatoms. The summed E-state index contributed by atoms with van der Waals surface area (Å²) in [6.45, 7) is 11.2. The van der Waals surface area contributed by atoms with Crippen LogP contribution in [-0.2, 0) is 21.4 Å². The zero-order valence-corrected chi connectivity index (χ0v) is 23.6. The molecule has 3 heterocycles. The number of hydrogen-bond acceptors (Lipinski definition) is 10. The second kappa shape index (κ2) is 10.4. The summed E-state index contributed by atoms with van der Waals surface area (Å²) in [5.74, 6) is 0.255. The molecule has 206 valence electrons. The van der Waals surface area contributed by atoms with Gasteiger partial charge in [-0.1, -0.05) is 0 Å². The Morgan fingerprint density at radius 1 is 1.26 bits per heavy atom. The topological polar surface area (TPSA) is 164 Å². The maximum atomic E-state index is 13.5. The number of nitrogen functional groups attached to an aromatic ring is 2. The van der Waals surface area contributed by atoms with Crippen molar-refractivity contribution in [3.8, 4) is 0 Å². The number of amides is 2. The molecule has 1 aliphatic heterocycles. The summed E-state index contributed by atoms with van der Waals surface area (Å²) in [5, 5.41) is 11.8. The molecule has 1 fully saturated rings. The van der Waals surface area contributed by atoms with Crippen LogP contribution in [-0.4, -0.2) is 64.0 Å². The van der Waals surface area contributed by atoms with Crippen molar-refractivity contribution in [3.63, 3.8) is 0 Å². The third kappa shape index (κ3) is 5.54. The molecule has 11 nitrogen and oxygen atoms in total. The molecule has 2 amide bonds. The smallest absolute Gasteiger partial charge is 0.410 e. The molecular weight excluding hydrogens is 504 g/mol. The average Bonchev–Trinajstić information content (AvgIpc) is 3.00. The van der Waals surface area contributed by atoms with E-state index < -0.39 is 11.0 Å². The van der Waals surface area contributed by atoms with Gasteiger partial charge in [-0.2, -0.15) is 0 Å². The number of carbonyl (C=O) groups excluding carboxylic acids is 2. The molecule has 0 saturated carbocycles. The van der Waals surface area contributed by atoms with Gasteiger partial charge in [-0.3, -0.25) is 10.2 Å². The van der Waals surface area contributed by atoms with Crippen molar-refractivity contribution in [1.29, 1.82) is 5.41 Å². The standard InChI is InChI=1S/C26H38N8O3S/c1-15-14-33(24(36)37-25(2,3)4)12-7-13-34(15)17-9-11-30-22(31-17)20(28)32-23(35)26(5)10-6-8-16-18(26)19(27)21(29)38-16/h9,11,15H,6-8,10,12-14,27,29H2,1-5H3,(H2,28,32,35)/t15-,26-/m0/s1. The molecule has 2 aromatic heterocycles. The Hall–Kier alpha value is -3.41. The van der Waals surface area contributed by atoms with Crippen LogP contribution in [0.4, 0.5) is 21.3 Å². The van der Waals surface area contributed by atoms with Gasteiger partial charge < -0.3 is 31.3 Å². The zero-order valence-electron chi connectivity index (χ0n) is 22.8. The van der Waals surface area contributed by atoms with Gasteiger partial charge in [0.05, 0.1) is 11.1 Å². The van der Waals surface area contributed by atoms with Gasteiger partial charge in [0.1, 0.15) is 16.4 Å². The minimum absolute atomic E-state index is 0.0388. The van der Waals surface area contributed by atoms with Gasteiger partial charge >= 0.3 is 6.09 Å². The summed E-state index contributed by atoms with van der Waals surface area (Å²) in [5.41, 5.74) is 12.1. The Kier molecular flexibility index (Phi) is 7.55. The number of rotatable bonds is 3. The lowest BCUT2D eigenvalue weighted by atomic mass is 9.72. The fourth-order valence-corrected chi connectivity index (χ4v) is 6.34. The van der Waals surface area contributed by atoms with Crippen LogP contribution in [0.1, 0.15) is 70.1 Å². The molecule has 0 bridgehead atoms. The van der Waals surface area contributed by atoms with E-state index >= 15 is 0 Å². The quantitative estimate of drug-likeness (QED) is 0.339. The maximum absolute atomic E-state index is 13.5. The van der Waals surface area contributed by atoms with Gasteiger partial charge in [0, 0.05) is 42.3 Å². The van der Waals surface area contributed by atoms with Crippen molar-refractivity contribution in [2.45, 2.75) is 77.4 Å². The van der Waals surface area contributed by atoms with Gasteiger partial charge in [0.15, 0.2) is 11.7 Å². The fourth-order valence-electron chi connectivity index (χ4n) is 5.18. The number of nitrogens with zero attached hydrogens (tertiary/aromatic N) is 4. The largest absolute Gasteiger partial charge is 0.444 e. The molecule has 1 aliphatic carbocycles. The van der Waals surface area contributed by atoms with Crippen molar-refractivity contribution < 1.29 is 14.3 Å². The van der Waals surface area contributed by atoms with Gasteiger partial charge in [-0.05, 0) is 66.4 Å². The number of aromatic nitrogens is 2. The first-order valence-electron chi connectivity index (χ1n) is 12.9. The number of anilines is 3. The lowest BCUT2D eigenvalue weighted by Crippen LogP contribution is -2.47. The van der Waals surface area contributed by atoms with E-state index in [9.17, 15) is 9.59 Å². The van der Waals surface area contributed by atoms with E-state index in [1.807, 2.05) is 34.6 Å². The highest BCUT2D eigenvalue weighted by Crippen LogP contribution is 2.47. The number of ether oxygens (including phenoxy) is 1. The molecule has 1 saturated heterocycles. The summed E-state index contributed by atoms with van der Waals surface area (Å²) < 4.78 is 5.56. The Balaban J connectivity index is 1.48. The zero-order chi connectivity index (χ0) is 27.8. The summed E-state index contributed by atoms with van der Waals surface area (Å²) in [6, 6.07) is 1.74. The Morgan fingerprint density at radius 2 is 2.00 bits per heavy atom. The van der Waals surface area contributed by atoms with Crippen LogP contribution in [0, 0.1) is 5.41 Å². The van der Waals surface area contributed by atoms with Crippen molar-refractivity contribution in [3.05, 3.63) is 28.5 Å². The van der Waals surface area contributed by atoms with Crippen molar-refractivity contribution >= 4 is 45.7 Å². The summed E-state index contributed by atoms with van der Waals surface area (Å²) in [6.07, 6.45) is 4.28. The third-order valence-electron chi connectivity index (χ3n) is 7.07. The Labute approximate surface area is 227 Å². The SMILES string of the molecule is C[C@H]1CN(C(=O)OC(C)(C)C)CCCN1c1ccnc(C(=N)NC(=O)[C@@]2(C)CCCc3sc(N)c(N)c32)n1. The van der Waals surface area contributed by atoms with Crippen LogP contribution < -0.4 is 21.7 Å². The molecule has 0 unspecified atom stereocenters. The summed E-state index contributed by atoms with van der Waals surface area (Å²) >= 11 is 1.43. The number of nitrogens with two attached hydrogens (primary N) is 2. The van der Waals surface area contributed by atoms with E-state index in [2.05, 4.69) is 20.2 Å². The third-order valence-corrected chi connectivity index (χ3v) is 8.17. The number of thiophene rings is 1. The number of hydrogen-bond donors (Lipinski definition) is 4. The molecule has 6 N–H and O–H groups in total. The number of carbonyl (C=O) groups is 2. The molecule has 38 heavy (non-hydrogen) atoms. The number of fused-ring (bicyclic) bond motifs is 1. The van der Waals surface area contributed by atoms with Crippen molar-refractivity contribution in [1.82, 2.24) is 20.2 Å². The van der Waals surface area contributed by atoms with Crippen LogP contribution in [0.2, 0.25) is 0 Å². The number of nitrogens with one attached hydrogen (secondary N) is 2. The van der Waals surface area contributed by atoms with Gasteiger partial charge in [-0.25, -0.2) is 14.8 Å². The Bertz CT molecular complexity index is 1240. The summed E-state index contributed by atoms with van der Waals surface area (Å²) in [4.78, 5) is 39.8. The molecule has 0 spiro atoms. The fraction of sp³-hybridized carbons (Fsp3) is 0.577. The average molecular weight is 543 g/mol. The normalized spacial score (nSPS) is 21.9. The first kappa shape index (κ1) is 27.6. The van der Waals surface area contributed by atoms with Crippen LogP contribution in [0.3, 0.4) is 0 Å². The van der Waals surface area contributed by atoms with E-state index in [-0.39, 0.29) is 29.7 Å². The minimum atomic E-state index is -0.889. The lowest BCUT2D eigenvalue weighted by Gasteiger charge is -2.33. The molecule has 4 rings (SSSR count). The highest BCUT2D eigenvalue weighted by atomic mass is 32.1. The molecule has 0 radical (unpaired) electrons. The first-order chi connectivity index (χ1) is 17.8. The lowest BCUT2D eigenvalue weighted by molar-refractivity contribution is -0.125. The molecule has 0 aromatic carbocycles. The van der Waals surface area contributed by atoms with Crippen LogP contribution in [0.15, 0.2) is 12.3 Å². The maximum Gasteiger partial charge on any atom is 0.410 e. The monoisotopic (exact) mass is 542 g/mol. The van der Waals surface area contributed by atoms with Gasteiger partial charge in [0.2, 0.25) is 5.91 Å². The predicted molar refractivity (Wildman–Crippen MR) is 150 cm³/mol.